The summed E-state index contributed by atoms with van der Waals surface area (Å²) in [6.07, 6.45) is 3.55. The van der Waals surface area contributed by atoms with Gasteiger partial charge in [-0.3, -0.25) is 8.78 Å². The van der Waals surface area contributed by atoms with Crippen molar-refractivity contribution in [2.24, 2.45) is 0 Å². The van der Waals surface area contributed by atoms with Crippen LogP contribution >= 0.6 is 11.6 Å². The largest absolute Gasteiger partial charge is 0.337 e. The van der Waals surface area contributed by atoms with E-state index in [1.807, 2.05) is 24.3 Å². The van der Waals surface area contributed by atoms with Crippen LogP contribution < -0.4 is 0 Å². The fourth-order valence-electron chi connectivity index (χ4n) is 1.98. The zero-order valence-corrected chi connectivity index (χ0v) is 13.2. The molecule has 0 aliphatic heterocycles. The minimum Gasteiger partial charge on any atom is -0.337 e. The van der Waals surface area contributed by atoms with E-state index in [1.165, 1.54) is 6.33 Å². The molecule has 7 nitrogen and oxygen atoms in total. The van der Waals surface area contributed by atoms with Crippen LogP contribution in [0.1, 0.15) is 17.3 Å². The predicted octanol–water partition coefficient (Wildman–Crippen LogP) is 1.69. The van der Waals surface area contributed by atoms with E-state index in [2.05, 4.69) is 20.3 Å². The van der Waals surface area contributed by atoms with Gasteiger partial charge in [-0.15, -0.1) is 10.2 Å². The SMILES string of the molecule is CS(=O)c1nncn1Cc1nc(Cc2cccc(Cl)c2)no1. The summed E-state index contributed by atoms with van der Waals surface area (Å²) in [5, 5.41) is 12.5. The molecule has 0 amide bonds. The zero-order valence-electron chi connectivity index (χ0n) is 11.6. The molecule has 0 aliphatic carbocycles. The molecule has 0 spiro atoms. The molecule has 1 unspecified atom stereocenters. The zero-order chi connectivity index (χ0) is 15.5. The topological polar surface area (TPSA) is 86.7 Å². The molecule has 2 heterocycles. The molecule has 0 saturated heterocycles. The smallest absolute Gasteiger partial charge is 0.246 e. The Hall–Kier alpha value is -2.06. The van der Waals surface area contributed by atoms with Crippen molar-refractivity contribution >= 4 is 22.4 Å². The molecular formula is C13H12ClN5O2S. The van der Waals surface area contributed by atoms with Crippen LogP contribution in [0.2, 0.25) is 5.02 Å². The summed E-state index contributed by atoms with van der Waals surface area (Å²) in [6, 6.07) is 7.49. The third-order valence-electron chi connectivity index (χ3n) is 2.90. The van der Waals surface area contributed by atoms with Crippen LogP contribution in [-0.2, 0) is 23.8 Å². The van der Waals surface area contributed by atoms with E-state index >= 15 is 0 Å². The first-order chi connectivity index (χ1) is 10.6. The van der Waals surface area contributed by atoms with Crippen LogP contribution in [0.3, 0.4) is 0 Å². The molecule has 0 aliphatic rings. The number of rotatable bonds is 5. The number of nitrogens with zero attached hydrogens (tertiary/aromatic N) is 5. The van der Waals surface area contributed by atoms with E-state index in [0.29, 0.717) is 28.3 Å². The first-order valence-electron chi connectivity index (χ1n) is 6.39. The molecule has 9 heteroatoms. The first kappa shape index (κ1) is 14.9. The highest BCUT2D eigenvalue weighted by molar-refractivity contribution is 7.84. The molecule has 1 aromatic carbocycles. The van der Waals surface area contributed by atoms with Crippen LogP contribution in [0.25, 0.3) is 0 Å². The summed E-state index contributed by atoms with van der Waals surface area (Å²) in [7, 11) is -1.23. The van der Waals surface area contributed by atoms with Crippen molar-refractivity contribution in [1.82, 2.24) is 24.9 Å². The van der Waals surface area contributed by atoms with E-state index in [4.69, 9.17) is 16.1 Å². The van der Waals surface area contributed by atoms with Gasteiger partial charge in [0.2, 0.25) is 11.0 Å². The molecule has 114 valence electrons. The second-order valence-corrected chi connectivity index (χ2v) is 6.32. The fraction of sp³-hybridized carbons (Fsp3) is 0.231. The van der Waals surface area contributed by atoms with Gasteiger partial charge in [0, 0.05) is 17.7 Å². The maximum Gasteiger partial charge on any atom is 0.246 e. The van der Waals surface area contributed by atoms with Gasteiger partial charge in [-0.1, -0.05) is 28.9 Å². The summed E-state index contributed by atoms with van der Waals surface area (Å²) in [4.78, 5) is 4.31. The molecule has 3 rings (SSSR count). The van der Waals surface area contributed by atoms with Gasteiger partial charge in [-0.2, -0.15) is 4.98 Å². The molecule has 2 aromatic heterocycles. The Balaban J connectivity index is 1.74. The maximum atomic E-state index is 11.5. The lowest BCUT2D eigenvalue weighted by Crippen LogP contribution is -2.05. The average Bonchev–Trinajstić information content (AvgIpc) is 3.09. The highest BCUT2D eigenvalue weighted by Crippen LogP contribution is 2.14. The first-order valence-corrected chi connectivity index (χ1v) is 8.32. The van der Waals surface area contributed by atoms with E-state index in [0.717, 1.165) is 5.56 Å². The van der Waals surface area contributed by atoms with Crippen molar-refractivity contribution in [1.29, 1.82) is 0 Å². The lowest BCUT2D eigenvalue weighted by molar-refractivity contribution is 0.363. The van der Waals surface area contributed by atoms with E-state index in [1.54, 1.807) is 10.8 Å². The quantitative estimate of drug-likeness (QED) is 0.704. The molecule has 0 saturated carbocycles. The highest BCUT2D eigenvalue weighted by atomic mass is 35.5. The van der Waals surface area contributed by atoms with Gasteiger partial charge in [0.25, 0.3) is 0 Å². The Morgan fingerprint density at radius 1 is 1.41 bits per heavy atom. The second-order valence-electron chi connectivity index (χ2n) is 4.61. The third kappa shape index (κ3) is 3.40. The summed E-state index contributed by atoms with van der Waals surface area (Å²) >= 11 is 5.95. The van der Waals surface area contributed by atoms with Gasteiger partial charge < -0.3 is 4.52 Å². The Labute approximate surface area is 133 Å². The van der Waals surface area contributed by atoms with E-state index < -0.39 is 10.8 Å². The maximum absolute atomic E-state index is 11.5. The lowest BCUT2D eigenvalue weighted by Gasteiger charge is -1.99. The molecular weight excluding hydrogens is 326 g/mol. The van der Waals surface area contributed by atoms with Gasteiger partial charge in [0.1, 0.15) is 12.9 Å². The van der Waals surface area contributed by atoms with Gasteiger partial charge in [-0.05, 0) is 17.7 Å². The van der Waals surface area contributed by atoms with Gasteiger partial charge >= 0.3 is 0 Å². The minimum atomic E-state index is -1.23. The fourth-order valence-corrected chi connectivity index (χ4v) is 2.79. The average molecular weight is 338 g/mol. The van der Waals surface area contributed by atoms with Crippen LogP contribution in [0.15, 0.2) is 40.3 Å². The summed E-state index contributed by atoms with van der Waals surface area (Å²) in [5.74, 6) is 0.966. The number of benzene rings is 1. The van der Waals surface area contributed by atoms with E-state index in [9.17, 15) is 4.21 Å². The minimum absolute atomic E-state index is 0.282. The molecule has 0 radical (unpaired) electrons. The van der Waals surface area contributed by atoms with Crippen molar-refractivity contribution < 1.29 is 8.73 Å². The Morgan fingerprint density at radius 2 is 2.27 bits per heavy atom. The summed E-state index contributed by atoms with van der Waals surface area (Å²) < 4.78 is 18.3. The normalized spacial score (nSPS) is 12.5. The molecule has 0 fully saturated rings. The molecule has 0 bridgehead atoms. The number of hydrogen-bond acceptors (Lipinski definition) is 6. The Bertz CT molecular complexity index is 816. The van der Waals surface area contributed by atoms with Crippen LogP contribution in [0.4, 0.5) is 0 Å². The van der Waals surface area contributed by atoms with E-state index in [-0.39, 0.29) is 6.54 Å². The second kappa shape index (κ2) is 6.37. The van der Waals surface area contributed by atoms with Crippen LogP contribution in [-0.4, -0.2) is 35.4 Å². The predicted molar refractivity (Wildman–Crippen MR) is 80.0 cm³/mol. The summed E-state index contributed by atoms with van der Waals surface area (Å²) in [6.45, 7) is 0.282. The lowest BCUT2D eigenvalue weighted by atomic mass is 10.1. The van der Waals surface area contributed by atoms with Gasteiger partial charge in [-0.25, -0.2) is 0 Å². The van der Waals surface area contributed by atoms with Gasteiger partial charge in [0.05, 0.1) is 10.8 Å². The van der Waals surface area contributed by atoms with Crippen molar-refractivity contribution in [2.45, 2.75) is 18.1 Å². The molecule has 22 heavy (non-hydrogen) atoms. The van der Waals surface area contributed by atoms with Crippen molar-refractivity contribution in [3.8, 4) is 0 Å². The Morgan fingerprint density at radius 3 is 3.05 bits per heavy atom. The van der Waals surface area contributed by atoms with Crippen molar-refractivity contribution in [3.05, 3.63) is 52.9 Å². The number of aromatic nitrogens is 5. The monoisotopic (exact) mass is 337 g/mol. The number of hydrogen-bond donors (Lipinski definition) is 0. The third-order valence-corrected chi connectivity index (χ3v) is 3.97. The van der Waals surface area contributed by atoms with Gasteiger partial charge in [0.15, 0.2) is 5.82 Å². The van der Waals surface area contributed by atoms with Crippen LogP contribution in [0, 0.1) is 0 Å². The van der Waals surface area contributed by atoms with Crippen LogP contribution in [0.5, 0.6) is 0 Å². The molecule has 1 atom stereocenters. The van der Waals surface area contributed by atoms with Crippen molar-refractivity contribution in [3.63, 3.8) is 0 Å². The number of halogens is 1. The standard InChI is InChI=1S/C13H12ClN5O2S/c1-22(20)13-17-15-8-19(13)7-12-16-11(18-21-12)6-9-3-2-4-10(14)5-9/h2-5,8H,6-7H2,1H3. The Kier molecular flexibility index (Phi) is 4.30. The molecule has 3 aromatic rings. The highest BCUT2D eigenvalue weighted by Gasteiger charge is 2.13. The van der Waals surface area contributed by atoms with Crippen molar-refractivity contribution in [2.75, 3.05) is 6.26 Å². The molecule has 0 N–H and O–H groups in total. The summed E-state index contributed by atoms with van der Waals surface area (Å²) in [5.41, 5.74) is 1.000.